The molecule has 0 atom stereocenters. The van der Waals surface area contributed by atoms with Crippen LogP contribution in [0.15, 0.2) is 22.7 Å². The van der Waals surface area contributed by atoms with E-state index in [9.17, 15) is 14.7 Å². The highest BCUT2D eigenvalue weighted by Gasteiger charge is 2.24. The minimum absolute atomic E-state index is 0.0551. The van der Waals surface area contributed by atoms with Gasteiger partial charge in [0.05, 0.1) is 4.47 Å². The number of hydrogen-bond acceptors (Lipinski definition) is 3. The van der Waals surface area contributed by atoms with E-state index >= 15 is 0 Å². The number of nitrogens with zero attached hydrogens (tertiary/aromatic N) is 1. The summed E-state index contributed by atoms with van der Waals surface area (Å²) in [6.45, 7) is 1.24. The molecule has 1 aromatic rings. The van der Waals surface area contributed by atoms with Gasteiger partial charge in [0.2, 0.25) is 5.91 Å². The molecule has 5 nitrogen and oxygen atoms in total. The lowest BCUT2D eigenvalue weighted by molar-refractivity contribution is -0.119. The summed E-state index contributed by atoms with van der Waals surface area (Å²) in [5, 5.41) is 9.62. The second-order valence-corrected chi connectivity index (χ2v) is 5.93. The molecule has 108 valence electrons. The van der Waals surface area contributed by atoms with Crippen molar-refractivity contribution in [3.63, 3.8) is 0 Å². The first-order valence-electron chi connectivity index (χ1n) is 6.53. The normalized spacial score (nSPS) is 16.1. The molecule has 0 unspecified atom stereocenters. The van der Waals surface area contributed by atoms with Crippen molar-refractivity contribution in [2.45, 2.75) is 19.3 Å². The fourth-order valence-electron chi connectivity index (χ4n) is 2.45. The van der Waals surface area contributed by atoms with Crippen LogP contribution in [0.2, 0.25) is 0 Å². The Labute approximate surface area is 125 Å². The van der Waals surface area contributed by atoms with Crippen molar-refractivity contribution < 1.29 is 14.7 Å². The van der Waals surface area contributed by atoms with Gasteiger partial charge in [-0.15, -0.1) is 0 Å². The van der Waals surface area contributed by atoms with E-state index in [1.807, 2.05) is 0 Å². The van der Waals surface area contributed by atoms with E-state index in [1.54, 1.807) is 17.0 Å². The minimum Gasteiger partial charge on any atom is -0.507 e. The van der Waals surface area contributed by atoms with Gasteiger partial charge in [0.15, 0.2) is 0 Å². The highest BCUT2D eigenvalue weighted by molar-refractivity contribution is 9.10. The van der Waals surface area contributed by atoms with Gasteiger partial charge < -0.3 is 15.7 Å². The number of benzene rings is 1. The smallest absolute Gasteiger partial charge is 0.253 e. The Bertz CT molecular complexity index is 525. The van der Waals surface area contributed by atoms with Gasteiger partial charge in [-0.1, -0.05) is 0 Å². The van der Waals surface area contributed by atoms with Crippen molar-refractivity contribution in [2.75, 3.05) is 13.1 Å². The first-order chi connectivity index (χ1) is 9.47. The third kappa shape index (κ3) is 3.50. The summed E-state index contributed by atoms with van der Waals surface area (Å²) in [5.74, 6) is -0.0488. The zero-order chi connectivity index (χ0) is 14.7. The van der Waals surface area contributed by atoms with E-state index < -0.39 is 0 Å². The molecule has 3 N–H and O–H groups in total. The maximum Gasteiger partial charge on any atom is 0.253 e. The van der Waals surface area contributed by atoms with E-state index in [4.69, 9.17) is 5.73 Å². The Balaban J connectivity index is 1.97. The summed E-state index contributed by atoms with van der Waals surface area (Å²) in [7, 11) is 0. The molecular formula is C14H17BrN2O3. The van der Waals surface area contributed by atoms with Crippen molar-refractivity contribution in [1.29, 1.82) is 0 Å². The molecule has 1 aliphatic heterocycles. The van der Waals surface area contributed by atoms with Crippen LogP contribution in [-0.2, 0) is 4.79 Å². The number of phenolic OH excluding ortho intramolecular Hbond substituents is 1. The van der Waals surface area contributed by atoms with Gasteiger partial charge in [0, 0.05) is 25.1 Å². The van der Waals surface area contributed by atoms with Crippen LogP contribution in [0.4, 0.5) is 0 Å². The van der Waals surface area contributed by atoms with Crippen LogP contribution in [0.3, 0.4) is 0 Å². The molecule has 1 aromatic carbocycles. The summed E-state index contributed by atoms with van der Waals surface area (Å²) in [6.07, 6.45) is 1.97. The second kappa shape index (κ2) is 6.26. The van der Waals surface area contributed by atoms with Crippen LogP contribution < -0.4 is 5.73 Å². The van der Waals surface area contributed by atoms with E-state index in [0.717, 1.165) is 12.8 Å². The lowest BCUT2D eigenvalue weighted by Crippen LogP contribution is -2.39. The number of rotatable bonds is 3. The molecule has 2 amide bonds. The monoisotopic (exact) mass is 340 g/mol. The number of carbonyl (C=O) groups excluding carboxylic acids is 2. The van der Waals surface area contributed by atoms with E-state index in [1.165, 1.54) is 6.07 Å². The maximum atomic E-state index is 12.3. The predicted molar refractivity (Wildman–Crippen MR) is 78.2 cm³/mol. The zero-order valence-electron chi connectivity index (χ0n) is 11.0. The fraction of sp³-hybridized carbons (Fsp3) is 0.429. The van der Waals surface area contributed by atoms with Crippen molar-refractivity contribution in [3.8, 4) is 5.75 Å². The lowest BCUT2D eigenvalue weighted by Gasteiger charge is -2.31. The highest BCUT2D eigenvalue weighted by Crippen LogP contribution is 2.26. The van der Waals surface area contributed by atoms with Crippen molar-refractivity contribution in [1.82, 2.24) is 4.90 Å². The maximum absolute atomic E-state index is 12.3. The number of aromatic hydroxyl groups is 1. The second-order valence-electron chi connectivity index (χ2n) is 5.07. The quantitative estimate of drug-likeness (QED) is 0.881. The van der Waals surface area contributed by atoms with Crippen LogP contribution in [-0.4, -0.2) is 34.9 Å². The molecule has 1 aliphatic rings. The van der Waals surface area contributed by atoms with Crippen LogP contribution >= 0.6 is 15.9 Å². The number of primary amides is 1. The number of carbonyl (C=O) groups is 2. The number of piperidine rings is 1. The molecule has 2 rings (SSSR count). The Hall–Kier alpha value is -1.56. The number of likely N-dealkylation sites (tertiary alicyclic amines) is 1. The Morgan fingerprint density at radius 3 is 2.55 bits per heavy atom. The zero-order valence-corrected chi connectivity index (χ0v) is 12.6. The Morgan fingerprint density at radius 1 is 1.35 bits per heavy atom. The van der Waals surface area contributed by atoms with Crippen LogP contribution in [0, 0.1) is 5.92 Å². The van der Waals surface area contributed by atoms with Gasteiger partial charge in [-0.2, -0.15) is 0 Å². The molecule has 0 aliphatic carbocycles. The summed E-state index contributed by atoms with van der Waals surface area (Å²) >= 11 is 3.19. The first-order valence-corrected chi connectivity index (χ1v) is 7.32. The van der Waals surface area contributed by atoms with E-state index in [-0.39, 0.29) is 23.5 Å². The topological polar surface area (TPSA) is 83.6 Å². The summed E-state index contributed by atoms with van der Waals surface area (Å²) in [5.41, 5.74) is 5.66. The molecule has 0 aromatic heterocycles. The predicted octanol–water partition coefficient (Wildman–Crippen LogP) is 1.88. The molecule has 1 heterocycles. The van der Waals surface area contributed by atoms with Crippen molar-refractivity contribution in [3.05, 3.63) is 28.2 Å². The van der Waals surface area contributed by atoms with Crippen LogP contribution in [0.5, 0.6) is 5.75 Å². The average Bonchev–Trinajstić information content (AvgIpc) is 2.41. The van der Waals surface area contributed by atoms with Gasteiger partial charge in [0.1, 0.15) is 5.75 Å². The fourth-order valence-corrected chi connectivity index (χ4v) is 2.70. The molecule has 0 spiro atoms. The summed E-state index contributed by atoms with van der Waals surface area (Å²) in [6, 6.07) is 4.80. The lowest BCUT2D eigenvalue weighted by atomic mass is 9.93. The number of nitrogens with two attached hydrogens (primary N) is 1. The van der Waals surface area contributed by atoms with Crippen molar-refractivity contribution >= 4 is 27.7 Å². The molecule has 20 heavy (non-hydrogen) atoms. The van der Waals surface area contributed by atoms with Gasteiger partial charge >= 0.3 is 0 Å². The van der Waals surface area contributed by atoms with Gasteiger partial charge in [0.25, 0.3) is 5.91 Å². The molecule has 1 fully saturated rings. The molecule has 1 saturated heterocycles. The van der Waals surface area contributed by atoms with E-state index in [2.05, 4.69) is 15.9 Å². The molecule has 0 saturated carbocycles. The third-order valence-corrected chi connectivity index (χ3v) is 4.26. The van der Waals surface area contributed by atoms with Gasteiger partial charge in [-0.25, -0.2) is 0 Å². The number of phenols is 1. The molecule has 0 bridgehead atoms. The Kier molecular flexibility index (Phi) is 4.65. The first kappa shape index (κ1) is 14.8. The minimum atomic E-state index is -0.285. The summed E-state index contributed by atoms with van der Waals surface area (Å²) < 4.78 is 0.564. The SMILES string of the molecule is NC(=O)CC1CCN(C(=O)c2ccc(Br)c(O)c2)CC1. The van der Waals surface area contributed by atoms with Gasteiger partial charge in [-0.3, -0.25) is 9.59 Å². The number of hydrogen-bond donors (Lipinski definition) is 2. The van der Waals surface area contributed by atoms with E-state index in [0.29, 0.717) is 29.5 Å². The largest absolute Gasteiger partial charge is 0.507 e. The molecule has 0 radical (unpaired) electrons. The Morgan fingerprint density at radius 2 is 2.00 bits per heavy atom. The molecule has 6 heteroatoms. The average molecular weight is 341 g/mol. The van der Waals surface area contributed by atoms with Gasteiger partial charge in [-0.05, 0) is 52.9 Å². The standard InChI is InChI=1S/C14H17BrN2O3/c15-11-2-1-10(8-12(11)18)14(20)17-5-3-9(4-6-17)7-13(16)19/h1-2,8-9,18H,3-7H2,(H2,16,19). The third-order valence-electron chi connectivity index (χ3n) is 3.58. The number of halogens is 1. The summed E-state index contributed by atoms with van der Waals surface area (Å²) in [4.78, 5) is 24.9. The number of amides is 2. The van der Waals surface area contributed by atoms with Crippen LogP contribution in [0.1, 0.15) is 29.6 Å². The van der Waals surface area contributed by atoms with Crippen LogP contribution in [0.25, 0.3) is 0 Å². The van der Waals surface area contributed by atoms with Crippen molar-refractivity contribution in [2.24, 2.45) is 11.7 Å². The molecular weight excluding hydrogens is 324 g/mol. The highest BCUT2D eigenvalue weighted by atomic mass is 79.9.